The summed E-state index contributed by atoms with van der Waals surface area (Å²) < 4.78 is 5.66. The van der Waals surface area contributed by atoms with E-state index in [9.17, 15) is 0 Å². The maximum absolute atomic E-state index is 5.66. The van der Waals surface area contributed by atoms with Gasteiger partial charge in [-0.25, -0.2) is 9.97 Å². The Morgan fingerprint density at radius 1 is 1.44 bits per heavy atom. The van der Waals surface area contributed by atoms with Gasteiger partial charge in [-0.2, -0.15) is 0 Å². The Bertz CT molecular complexity index is 349. The van der Waals surface area contributed by atoms with Gasteiger partial charge in [0, 0.05) is 44.2 Å². The van der Waals surface area contributed by atoms with E-state index < -0.39 is 0 Å². The number of anilines is 1. The number of aromatic nitrogens is 2. The van der Waals surface area contributed by atoms with Gasteiger partial charge in [0.15, 0.2) is 0 Å². The number of nitrogens with one attached hydrogen (secondary N) is 1. The van der Waals surface area contributed by atoms with Crippen LogP contribution in [0.3, 0.4) is 0 Å². The normalized spacial score (nSPS) is 19.1. The van der Waals surface area contributed by atoms with Crippen LogP contribution in [0.25, 0.3) is 0 Å². The number of rotatable bonds is 6. The molecule has 0 aliphatic carbocycles. The molecule has 2 rings (SSSR count). The van der Waals surface area contributed by atoms with Gasteiger partial charge in [-0.1, -0.05) is 0 Å². The van der Waals surface area contributed by atoms with Crippen LogP contribution >= 0.6 is 0 Å². The van der Waals surface area contributed by atoms with Crippen LogP contribution in [0.15, 0.2) is 12.4 Å². The summed E-state index contributed by atoms with van der Waals surface area (Å²) in [6.07, 6.45) is 6.43. The summed E-state index contributed by atoms with van der Waals surface area (Å²) in [5.41, 5.74) is 1.11. The summed E-state index contributed by atoms with van der Waals surface area (Å²) in [4.78, 5) is 11.0. The Balaban J connectivity index is 1.97. The molecule has 1 N–H and O–H groups in total. The molecule has 100 valence electrons. The molecular weight excluding hydrogens is 228 g/mol. The van der Waals surface area contributed by atoms with Crippen molar-refractivity contribution in [3.8, 4) is 0 Å². The molecule has 1 unspecified atom stereocenters. The smallest absolute Gasteiger partial charge is 0.225 e. The minimum absolute atomic E-state index is 0.338. The van der Waals surface area contributed by atoms with Crippen LogP contribution in [0, 0.1) is 0 Å². The summed E-state index contributed by atoms with van der Waals surface area (Å²) in [6.45, 7) is 5.62. The van der Waals surface area contributed by atoms with E-state index in [4.69, 9.17) is 4.74 Å². The number of hydrogen-bond donors (Lipinski definition) is 1. The molecule has 1 atom stereocenters. The molecule has 1 aromatic rings. The highest BCUT2D eigenvalue weighted by Gasteiger charge is 2.19. The standard InChI is InChI=1S/C13H22N4O/c1-3-17(10-12-5-4-6-18-12)13-15-8-11(7-14-2)9-16-13/h8-9,12,14H,3-7,10H2,1-2H3. The van der Waals surface area contributed by atoms with Crippen molar-refractivity contribution in [3.05, 3.63) is 18.0 Å². The van der Waals surface area contributed by atoms with Crippen molar-refractivity contribution >= 4 is 5.95 Å². The van der Waals surface area contributed by atoms with Crippen molar-refractivity contribution in [1.82, 2.24) is 15.3 Å². The summed E-state index contributed by atoms with van der Waals surface area (Å²) in [5, 5.41) is 3.09. The Kier molecular flexibility index (Phi) is 4.90. The van der Waals surface area contributed by atoms with Gasteiger partial charge in [0.2, 0.25) is 5.95 Å². The molecule has 0 spiro atoms. The average Bonchev–Trinajstić information content (AvgIpc) is 2.90. The monoisotopic (exact) mass is 250 g/mol. The molecular formula is C13H22N4O. The van der Waals surface area contributed by atoms with Gasteiger partial charge < -0.3 is 15.0 Å². The molecule has 5 heteroatoms. The summed E-state index contributed by atoms with van der Waals surface area (Å²) in [5.74, 6) is 0.799. The van der Waals surface area contributed by atoms with Crippen molar-refractivity contribution in [2.24, 2.45) is 0 Å². The summed E-state index contributed by atoms with van der Waals surface area (Å²) in [6, 6.07) is 0. The fourth-order valence-electron chi connectivity index (χ4n) is 2.19. The lowest BCUT2D eigenvalue weighted by Gasteiger charge is -2.23. The molecule has 1 fully saturated rings. The molecule has 0 radical (unpaired) electrons. The van der Waals surface area contributed by atoms with Crippen molar-refractivity contribution in [2.45, 2.75) is 32.4 Å². The molecule has 1 aliphatic heterocycles. The zero-order valence-electron chi connectivity index (χ0n) is 11.2. The van der Waals surface area contributed by atoms with Gasteiger partial charge in [0.1, 0.15) is 0 Å². The van der Waals surface area contributed by atoms with Crippen LogP contribution in [-0.2, 0) is 11.3 Å². The fourth-order valence-corrected chi connectivity index (χ4v) is 2.19. The molecule has 0 saturated carbocycles. The summed E-state index contributed by atoms with van der Waals surface area (Å²) in [7, 11) is 1.92. The maximum atomic E-state index is 5.66. The highest BCUT2D eigenvalue weighted by Crippen LogP contribution is 2.16. The highest BCUT2D eigenvalue weighted by molar-refractivity contribution is 5.29. The third kappa shape index (κ3) is 3.40. The predicted molar refractivity (Wildman–Crippen MR) is 71.7 cm³/mol. The zero-order chi connectivity index (χ0) is 12.8. The second-order valence-corrected chi connectivity index (χ2v) is 4.60. The first-order valence-electron chi connectivity index (χ1n) is 6.65. The molecule has 1 aromatic heterocycles. The van der Waals surface area contributed by atoms with Crippen LogP contribution in [0.2, 0.25) is 0 Å². The first-order valence-corrected chi connectivity index (χ1v) is 6.65. The highest BCUT2D eigenvalue weighted by atomic mass is 16.5. The maximum Gasteiger partial charge on any atom is 0.225 e. The van der Waals surface area contributed by atoms with Crippen LogP contribution in [0.1, 0.15) is 25.3 Å². The number of hydrogen-bond acceptors (Lipinski definition) is 5. The third-order valence-electron chi connectivity index (χ3n) is 3.19. The Morgan fingerprint density at radius 3 is 2.78 bits per heavy atom. The molecule has 5 nitrogen and oxygen atoms in total. The number of nitrogens with zero attached hydrogens (tertiary/aromatic N) is 3. The average molecular weight is 250 g/mol. The van der Waals surface area contributed by atoms with Gasteiger partial charge in [-0.15, -0.1) is 0 Å². The molecule has 2 heterocycles. The topological polar surface area (TPSA) is 50.3 Å². The van der Waals surface area contributed by atoms with Crippen molar-refractivity contribution in [1.29, 1.82) is 0 Å². The number of likely N-dealkylation sites (N-methyl/N-ethyl adjacent to an activating group) is 1. The van der Waals surface area contributed by atoms with Gasteiger partial charge in [0.05, 0.1) is 6.10 Å². The Labute approximate surface area is 109 Å². The van der Waals surface area contributed by atoms with E-state index in [2.05, 4.69) is 27.1 Å². The molecule has 18 heavy (non-hydrogen) atoms. The fraction of sp³-hybridized carbons (Fsp3) is 0.692. The van der Waals surface area contributed by atoms with Crippen molar-refractivity contribution in [3.63, 3.8) is 0 Å². The lowest BCUT2D eigenvalue weighted by Crippen LogP contribution is -2.33. The molecule has 1 saturated heterocycles. The second kappa shape index (κ2) is 6.66. The minimum Gasteiger partial charge on any atom is -0.376 e. The van der Waals surface area contributed by atoms with Crippen molar-refractivity contribution in [2.75, 3.05) is 31.6 Å². The summed E-state index contributed by atoms with van der Waals surface area (Å²) >= 11 is 0. The lowest BCUT2D eigenvalue weighted by molar-refractivity contribution is 0.115. The van der Waals surface area contributed by atoms with E-state index in [1.54, 1.807) is 0 Å². The van der Waals surface area contributed by atoms with E-state index in [1.165, 1.54) is 6.42 Å². The lowest BCUT2D eigenvalue weighted by atomic mass is 10.2. The SMILES string of the molecule is CCN(CC1CCCO1)c1ncc(CNC)cn1. The van der Waals surface area contributed by atoms with Crippen LogP contribution in [0.4, 0.5) is 5.95 Å². The molecule has 0 amide bonds. The largest absolute Gasteiger partial charge is 0.376 e. The van der Waals surface area contributed by atoms with Gasteiger partial charge in [-0.3, -0.25) is 0 Å². The van der Waals surface area contributed by atoms with E-state index in [-0.39, 0.29) is 0 Å². The first-order chi connectivity index (χ1) is 8.83. The molecule has 0 aromatic carbocycles. The van der Waals surface area contributed by atoms with E-state index >= 15 is 0 Å². The van der Waals surface area contributed by atoms with Crippen LogP contribution < -0.4 is 10.2 Å². The van der Waals surface area contributed by atoms with Gasteiger partial charge >= 0.3 is 0 Å². The minimum atomic E-state index is 0.338. The van der Waals surface area contributed by atoms with Crippen LogP contribution in [0.5, 0.6) is 0 Å². The predicted octanol–water partition coefficient (Wildman–Crippen LogP) is 1.20. The van der Waals surface area contributed by atoms with Gasteiger partial charge in [0.25, 0.3) is 0 Å². The molecule has 1 aliphatic rings. The van der Waals surface area contributed by atoms with E-state index in [0.29, 0.717) is 6.10 Å². The van der Waals surface area contributed by atoms with E-state index in [1.807, 2.05) is 19.4 Å². The van der Waals surface area contributed by atoms with Crippen molar-refractivity contribution < 1.29 is 4.74 Å². The zero-order valence-corrected chi connectivity index (χ0v) is 11.2. The Morgan fingerprint density at radius 2 is 2.22 bits per heavy atom. The quantitative estimate of drug-likeness (QED) is 0.822. The van der Waals surface area contributed by atoms with E-state index in [0.717, 1.165) is 44.2 Å². The number of ether oxygens (including phenoxy) is 1. The third-order valence-corrected chi connectivity index (χ3v) is 3.19. The molecule has 0 bridgehead atoms. The first kappa shape index (κ1) is 13.2. The van der Waals surface area contributed by atoms with Crippen LogP contribution in [-0.4, -0.2) is 42.8 Å². The Hall–Kier alpha value is -1.20. The second-order valence-electron chi connectivity index (χ2n) is 4.60. The van der Waals surface area contributed by atoms with Gasteiger partial charge in [-0.05, 0) is 26.8 Å².